The Morgan fingerprint density at radius 3 is 2.69 bits per heavy atom. The van der Waals surface area contributed by atoms with Crippen LogP contribution in [-0.2, 0) is 4.79 Å². The summed E-state index contributed by atoms with van der Waals surface area (Å²) in [6.07, 6.45) is 0.0306. The first-order valence-electron chi connectivity index (χ1n) is 5.23. The topological polar surface area (TPSA) is 87.4 Å². The van der Waals surface area contributed by atoms with Gasteiger partial charge in [-0.15, -0.1) is 0 Å². The highest BCUT2D eigenvalue weighted by Crippen LogP contribution is 2.13. The number of amides is 1. The molecule has 0 spiro atoms. The van der Waals surface area contributed by atoms with Crippen molar-refractivity contribution in [2.45, 2.75) is 18.6 Å². The van der Waals surface area contributed by atoms with E-state index < -0.39 is 6.10 Å². The van der Waals surface area contributed by atoms with Crippen molar-refractivity contribution < 1.29 is 9.90 Å². The van der Waals surface area contributed by atoms with Crippen molar-refractivity contribution in [1.82, 2.24) is 5.32 Å². The van der Waals surface area contributed by atoms with Crippen molar-refractivity contribution in [1.29, 1.82) is 0 Å². The van der Waals surface area contributed by atoms with E-state index in [-0.39, 0.29) is 11.9 Å². The van der Waals surface area contributed by atoms with E-state index in [1.165, 1.54) is 0 Å². The van der Waals surface area contributed by atoms with Crippen LogP contribution >= 0.6 is 0 Å². The number of β-amino-alcohol motifs (C(OH)–C–C–N with tert-alkyl or cyclic N) is 1. The summed E-state index contributed by atoms with van der Waals surface area (Å²) in [7, 11) is 0. The van der Waals surface area contributed by atoms with Crippen LogP contribution in [-0.4, -0.2) is 29.7 Å². The van der Waals surface area contributed by atoms with Crippen LogP contribution in [0.25, 0.3) is 0 Å². The molecule has 1 aliphatic rings. The predicted octanol–water partition coefficient (Wildman–Crippen LogP) is -0.0699. The largest absolute Gasteiger partial charge is 0.399 e. The van der Waals surface area contributed by atoms with Gasteiger partial charge in [0, 0.05) is 17.9 Å². The van der Waals surface area contributed by atoms with Crippen LogP contribution in [0.1, 0.15) is 6.42 Å². The van der Waals surface area contributed by atoms with E-state index >= 15 is 0 Å². The van der Waals surface area contributed by atoms with Crippen molar-refractivity contribution in [3.8, 4) is 0 Å². The molecular weight excluding hydrogens is 206 g/mol. The lowest BCUT2D eigenvalue weighted by Gasteiger charge is -2.10. The summed E-state index contributed by atoms with van der Waals surface area (Å²) in [4.78, 5) is 11.7. The fraction of sp³-hybridized carbons (Fsp3) is 0.364. The first-order chi connectivity index (χ1) is 7.65. The third-order valence-electron chi connectivity index (χ3n) is 2.60. The fourth-order valence-corrected chi connectivity index (χ4v) is 1.71. The standard InChI is InChI=1S/C11H15N3O2/c12-7-1-3-8(4-2-7)14-11(16)10-5-9(15)6-13-10/h1-4,9-10,13,15H,5-6,12H2,(H,14,16). The van der Waals surface area contributed by atoms with Crippen LogP contribution in [0.2, 0.25) is 0 Å². The van der Waals surface area contributed by atoms with E-state index in [2.05, 4.69) is 10.6 Å². The number of nitrogens with one attached hydrogen (secondary N) is 2. The molecule has 1 amide bonds. The lowest BCUT2D eigenvalue weighted by molar-refractivity contribution is -0.117. The van der Waals surface area contributed by atoms with Crippen LogP contribution in [0.5, 0.6) is 0 Å². The zero-order valence-corrected chi connectivity index (χ0v) is 8.81. The summed E-state index contributed by atoms with van der Waals surface area (Å²) in [5.41, 5.74) is 6.91. The zero-order valence-electron chi connectivity index (χ0n) is 8.81. The van der Waals surface area contributed by atoms with Crippen molar-refractivity contribution in [3.05, 3.63) is 24.3 Å². The molecule has 1 aliphatic heterocycles. The van der Waals surface area contributed by atoms with Gasteiger partial charge in [0.1, 0.15) is 0 Å². The molecule has 1 saturated heterocycles. The maximum atomic E-state index is 11.7. The molecule has 1 fully saturated rings. The Bertz CT molecular complexity index is 377. The summed E-state index contributed by atoms with van der Waals surface area (Å²) in [6.45, 7) is 0.472. The molecule has 5 nitrogen and oxygen atoms in total. The van der Waals surface area contributed by atoms with Crippen LogP contribution in [0.4, 0.5) is 11.4 Å². The van der Waals surface area contributed by atoms with Gasteiger partial charge in [0.15, 0.2) is 0 Å². The normalized spacial score (nSPS) is 24.3. The molecule has 2 atom stereocenters. The Hall–Kier alpha value is -1.59. The summed E-state index contributed by atoms with van der Waals surface area (Å²) in [5, 5.41) is 15.0. The maximum Gasteiger partial charge on any atom is 0.241 e. The van der Waals surface area contributed by atoms with Gasteiger partial charge in [0.05, 0.1) is 12.1 Å². The number of aliphatic hydroxyl groups excluding tert-OH is 1. The fourth-order valence-electron chi connectivity index (χ4n) is 1.71. The highest BCUT2D eigenvalue weighted by molar-refractivity contribution is 5.95. The van der Waals surface area contributed by atoms with Gasteiger partial charge in [0.25, 0.3) is 0 Å². The summed E-state index contributed by atoms with van der Waals surface area (Å²) in [6, 6.07) is 6.64. The number of aliphatic hydroxyl groups is 1. The Balaban J connectivity index is 1.94. The Kier molecular flexibility index (Phi) is 3.07. The van der Waals surface area contributed by atoms with Crippen LogP contribution in [0.15, 0.2) is 24.3 Å². The third-order valence-corrected chi connectivity index (χ3v) is 2.60. The van der Waals surface area contributed by atoms with Crippen LogP contribution in [0.3, 0.4) is 0 Å². The van der Waals surface area contributed by atoms with Crippen molar-refractivity contribution in [2.24, 2.45) is 0 Å². The van der Waals surface area contributed by atoms with Crippen molar-refractivity contribution in [2.75, 3.05) is 17.6 Å². The minimum absolute atomic E-state index is 0.124. The number of anilines is 2. The number of carbonyl (C=O) groups excluding carboxylic acids is 1. The average Bonchev–Trinajstić information content (AvgIpc) is 2.68. The molecule has 1 aromatic carbocycles. The number of nitrogen functional groups attached to an aromatic ring is 1. The quantitative estimate of drug-likeness (QED) is 0.526. The molecule has 1 heterocycles. The molecular formula is C11H15N3O2. The second kappa shape index (κ2) is 4.51. The van der Waals surface area contributed by atoms with Crippen molar-refractivity contribution in [3.63, 3.8) is 0 Å². The Morgan fingerprint density at radius 2 is 2.12 bits per heavy atom. The smallest absolute Gasteiger partial charge is 0.241 e. The molecule has 5 heteroatoms. The lowest BCUT2D eigenvalue weighted by atomic mass is 10.2. The molecule has 0 aliphatic carbocycles. The second-order valence-electron chi connectivity index (χ2n) is 3.96. The monoisotopic (exact) mass is 221 g/mol. The molecule has 2 unspecified atom stereocenters. The Labute approximate surface area is 93.6 Å². The maximum absolute atomic E-state index is 11.7. The number of nitrogens with two attached hydrogens (primary N) is 1. The molecule has 0 bridgehead atoms. The van der Waals surface area contributed by atoms with E-state index in [1.54, 1.807) is 24.3 Å². The van der Waals surface area contributed by atoms with E-state index in [9.17, 15) is 9.90 Å². The van der Waals surface area contributed by atoms with E-state index in [0.717, 1.165) is 0 Å². The molecule has 86 valence electrons. The molecule has 0 saturated carbocycles. The highest BCUT2D eigenvalue weighted by atomic mass is 16.3. The number of carbonyl (C=O) groups is 1. The van der Waals surface area contributed by atoms with Gasteiger partial charge in [-0.2, -0.15) is 0 Å². The number of hydrogen-bond acceptors (Lipinski definition) is 4. The van der Waals surface area contributed by atoms with Crippen LogP contribution in [0, 0.1) is 0 Å². The molecule has 0 radical (unpaired) electrons. The summed E-state index contributed by atoms with van der Waals surface area (Å²) < 4.78 is 0. The predicted molar refractivity (Wildman–Crippen MR) is 61.9 cm³/mol. The number of hydrogen-bond donors (Lipinski definition) is 4. The first kappa shape index (κ1) is 10.9. The van der Waals surface area contributed by atoms with Gasteiger partial charge < -0.3 is 21.5 Å². The minimum atomic E-state index is -0.429. The van der Waals surface area contributed by atoms with E-state index in [0.29, 0.717) is 24.3 Å². The molecule has 16 heavy (non-hydrogen) atoms. The van der Waals surface area contributed by atoms with Gasteiger partial charge in [-0.3, -0.25) is 4.79 Å². The van der Waals surface area contributed by atoms with Crippen molar-refractivity contribution >= 4 is 17.3 Å². The van der Waals surface area contributed by atoms with Gasteiger partial charge in [-0.05, 0) is 30.7 Å². The van der Waals surface area contributed by atoms with Gasteiger partial charge in [0.2, 0.25) is 5.91 Å². The summed E-state index contributed by atoms with van der Waals surface area (Å²) >= 11 is 0. The number of benzene rings is 1. The molecule has 2 rings (SSSR count). The SMILES string of the molecule is Nc1ccc(NC(=O)C2CC(O)CN2)cc1. The zero-order chi connectivity index (χ0) is 11.5. The highest BCUT2D eigenvalue weighted by Gasteiger charge is 2.27. The lowest BCUT2D eigenvalue weighted by Crippen LogP contribution is -2.35. The summed E-state index contributed by atoms with van der Waals surface area (Å²) in [5.74, 6) is -0.124. The van der Waals surface area contributed by atoms with E-state index in [4.69, 9.17) is 5.73 Å². The first-order valence-corrected chi connectivity index (χ1v) is 5.23. The van der Waals surface area contributed by atoms with Gasteiger partial charge in [-0.1, -0.05) is 0 Å². The van der Waals surface area contributed by atoms with Crippen LogP contribution < -0.4 is 16.4 Å². The van der Waals surface area contributed by atoms with E-state index in [1.807, 2.05) is 0 Å². The van der Waals surface area contributed by atoms with Gasteiger partial charge >= 0.3 is 0 Å². The minimum Gasteiger partial charge on any atom is -0.399 e. The number of rotatable bonds is 2. The third kappa shape index (κ3) is 2.50. The van der Waals surface area contributed by atoms with Gasteiger partial charge in [-0.25, -0.2) is 0 Å². The molecule has 1 aromatic rings. The molecule has 0 aromatic heterocycles. The average molecular weight is 221 g/mol. The second-order valence-corrected chi connectivity index (χ2v) is 3.96. The Morgan fingerprint density at radius 1 is 1.44 bits per heavy atom. The molecule has 5 N–H and O–H groups in total.